The maximum atomic E-state index is 13.2. The fourth-order valence-corrected chi connectivity index (χ4v) is 5.89. The molecule has 33 heavy (non-hydrogen) atoms. The number of hydrogen-bond donors (Lipinski definition) is 1. The summed E-state index contributed by atoms with van der Waals surface area (Å²) < 4.78 is 37.3. The fraction of sp³-hybridized carbons (Fsp3) is 0.143. The summed E-state index contributed by atoms with van der Waals surface area (Å²) in [5.74, 6) is -1.81. The molecule has 0 bridgehead atoms. The topological polar surface area (TPSA) is 142 Å². The Morgan fingerprint density at radius 2 is 1.64 bits per heavy atom. The summed E-state index contributed by atoms with van der Waals surface area (Å²) in [4.78, 5) is 35.2. The van der Waals surface area contributed by atoms with Gasteiger partial charge in [-0.1, -0.05) is 36.4 Å². The minimum Gasteiger partial charge on any atom is -0.465 e. The number of anilines is 1. The van der Waals surface area contributed by atoms with Gasteiger partial charge in [0.2, 0.25) is 0 Å². The number of nitrogens with zero attached hydrogens (tertiary/aromatic N) is 1. The molecule has 0 amide bonds. The van der Waals surface area contributed by atoms with E-state index in [2.05, 4.69) is 14.2 Å². The number of sulfonamides is 1. The zero-order valence-electron chi connectivity index (χ0n) is 17.6. The summed E-state index contributed by atoms with van der Waals surface area (Å²) in [6, 6.07) is 12.9. The van der Waals surface area contributed by atoms with Crippen LogP contribution in [0.5, 0.6) is 0 Å². The number of nitro benzene ring substituents is 1. The van der Waals surface area contributed by atoms with E-state index in [1.165, 1.54) is 25.1 Å². The lowest BCUT2D eigenvalue weighted by molar-refractivity contribution is -0.383. The largest absolute Gasteiger partial charge is 0.465 e. The van der Waals surface area contributed by atoms with E-state index >= 15 is 0 Å². The van der Waals surface area contributed by atoms with Crippen LogP contribution in [-0.4, -0.2) is 39.5 Å². The van der Waals surface area contributed by atoms with Gasteiger partial charge in [0.1, 0.15) is 10.6 Å². The van der Waals surface area contributed by atoms with E-state index in [1.807, 2.05) is 0 Å². The number of nitro groups is 1. The van der Waals surface area contributed by atoms with Crippen LogP contribution < -0.4 is 4.72 Å². The molecule has 1 heterocycles. The van der Waals surface area contributed by atoms with Gasteiger partial charge in [-0.05, 0) is 29.7 Å². The molecule has 0 aliphatic carbocycles. The molecule has 1 aromatic heterocycles. The minimum absolute atomic E-state index is 0.0630. The Bertz CT molecular complexity index is 1350. The predicted octanol–water partition coefficient (Wildman–Crippen LogP) is 4.01. The Labute approximate surface area is 193 Å². The van der Waals surface area contributed by atoms with Crippen LogP contribution in [0.4, 0.5) is 11.4 Å². The second-order valence-corrected chi connectivity index (χ2v) is 9.56. The Morgan fingerprint density at radius 3 is 2.21 bits per heavy atom. The Hall–Kier alpha value is -3.77. The average Bonchev–Trinajstić information content (AvgIpc) is 3.16. The molecular weight excluding hydrogens is 472 g/mol. The third-order valence-corrected chi connectivity index (χ3v) is 7.82. The zero-order valence-corrected chi connectivity index (χ0v) is 19.3. The fourth-order valence-electron chi connectivity index (χ4n) is 3.07. The van der Waals surface area contributed by atoms with Crippen LogP contribution >= 0.6 is 11.3 Å². The highest BCUT2D eigenvalue weighted by atomic mass is 32.2. The van der Waals surface area contributed by atoms with E-state index in [0.717, 1.165) is 14.2 Å². The van der Waals surface area contributed by atoms with Crippen LogP contribution in [0.25, 0.3) is 11.1 Å². The second-order valence-electron chi connectivity index (χ2n) is 6.66. The lowest BCUT2D eigenvalue weighted by atomic mass is 10.0. The molecule has 1 N–H and O–H groups in total. The van der Waals surface area contributed by atoms with Gasteiger partial charge < -0.3 is 9.47 Å². The van der Waals surface area contributed by atoms with Crippen molar-refractivity contribution in [3.05, 3.63) is 74.6 Å². The van der Waals surface area contributed by atoms with Gasteiger partial charge in [-0.25, -0.2) is 18.0 Å². The van der Waals surface area contributed by atoms with Crippen molar-refractivity contribution in [2.24, 2.45) is 0 Å². The molecule has 0 radical (unpaired) electrons. The first-order chi connectivity index (χ1) is 15.6. The summed E-state index contributed by atoms with van der Waals surface area (Å²) in [7, 11) is -2.34. The maximum Gasteiger partial charge on any atom is 0.348 e. The molecule has 0 aliphatic rings. The number of carbonyl (C=O) groups excluding carboxylic acids is 2. The molecule has 3 aromatic rings. The van der Waals surface area contributed by atoms with Crippen LogP contribution in [0.2, 0.25) is 0 Å². The Kier molecular flexibility index (Phi) is 6.79. The van der Waals surface area contributed by atoms with Crippen molar-refractivity contribution < 1.29 is 32.4 Å². The lowest BCUT2D eigenvalue weighted by Crippen LogP contribution is -2.16. The molecule has 0 spiro atoms. The first-order valence-corrected chi connectivity index (χ1v) is 11.6. The number of hydrogen-bond acceptors (Lipinski definition) is 9. The molecule has 12 heteroatoms. The quantitative estimate of drug-likeness (QED) is 0.297. The maximum absolute atomic E-state index is 13.2. The highest BCUT2D eigenvalue weighted by Gasteiger charge is 2.33. The van der Waals surface area contributed by atoms with Crippen LogP contribution in [0, 0.1) is 17.0 Å². The SMILES string of the molecule is COC(=O)c1sc(S(=O)(=O)Nc2ccc(-c3ccccc3)cc2[N+](=O)[O-])c(C(=O)OC)c1C. The monoisotopic (exact) mass is 490 g/mol. The highest BCUT2D eigenvalue weighted by molar-refractivity contribution is 7.94. The van der Waals surface area contributed by atoms with Crippen LogP contribution in [0.3, 0.4) is 0 Å². The average molecular weight is 491 g/mol. The van der Waals surface area contributed by atoms with Crippen molar-refractivity contribution in [2.75, 3.05) is 18.9 Å². The molecule has 0 atom stereocenters. The molecule has 0 aliphatic heterocycles. The van der Waals surface area contributed by atoms with Gasteiger partial charge in [0.15, 0.2) is 4.21 Å². The number of esters is 2. The van der Waals surface area contributed by atoms with Crippen molar-refractivity contribution in [1.82, 2.24) is 0 Å². The summed E-state index contributed by atoms with van der Waals surface area (Å²) in [5, 5.41) is 11.7. The van der Waals surface area contributed by atoms with E-state index in [4.69, 9.17) is 0 Å². The predicted molar refractivity (Wildman–Crippen MR) is 121 cm³/mol. The van der Waals surface area contributed by atoms with Crippen molar-refractivity contribution in [1.29, 1.82) is 0 Å². The first kappa shape index (κ1) is 23.9. The summed E-state index contributed by atoms with van der Waals surface area (Å²) in [6.45, 7) is 1.38. The van der Waals surface area contributed by atoms with Gasteiger partial charge in [-0.15, -0.1) is 11.3 Å². The molecule has 0 saturated heterocycles. The van der Waals surface area contributed by atoms with Gasteiger partial charge in [-0.3, -0.25) is 14.8 Å². The van der Waals surface area contributed by atoms with Gasteiger partial charge in [0.25, 0.3) is 15.7 Å². The molecule has 0 unspecified atom stereocenters. The smallest absolute Gasteiger partial charge is 0.348 e. The molecule has 2 aromatic carbocycles. The van der Waals surface area contributed by atoms with E-state index in [1.54, 1.807) is 30.3 Å². The number of methoxy groups -OCH3 is 2. The lowest BCUT2D eigenvalue weighted by Gasteiger charge is -2.10. The van der Waals surface area contributed by atoms with E-state index in [0.29, 0.717) is 22.5 Å². The Balaban J connectivity index is 2.11. The second kappa shape index (κ2) is 9.38. The number of ether oxygens (including phenoxy) is 2. The Morgan fingerprint density at radius 1 is 1.00 bits per heavy atom. The summed E-state index contributed by atoms with van der Waals surface area (Å²) in [5.41, 5.74) is 0.147. The normalized spacial score (nSPS) is 11.0. The van der Waals surface area contributed by atoms with Crippen LogP contribution in [-0.2, 0) is 19.5 Å². The third kappa shape index (κ3) is 4.71. The molecule has 10 nitrogen and oxygen atoms in total. The van der Waals surface area contributed by atoms with Crippen molar-refractivity contribution in [3.8, 4) is 11.1 Å². The van der Waals surface area contributed by atoms with E-state index in [9.17, 15) is 28.1 Å². The van der Waals surface area contributed by atoms with Gasteiger partial charge >= 0.3 is 11.9 Å². The number of benzene rings is 2. The third-order valence-electron chi connectivity index (χ3n) is 4.66. The number of nitrogens with one attached hydrogen (secondary N) is 1. The molecule has 0 saturated carbocycles. The summed E-state index contributed by atoms with van der Waals surface area (Å²) in [6.07, 6.45) is 0. The van der Waals surface area contributed by atoms with Crippen LogP contribution in [0.1, 0.15) is 25.6 Å². The van der Waals surface area contributed by atoms with Crippen molar-refractivity contribution >= 4 is 44.7 Å². The van der Waals surface area contributed by atoms with Crippen molar-refractivity contribution in [3.63, 3.8) is 0 Å². The first-order valence-electron chi connectivity index (χ1n) is 9.27. The highest BCUT2D eigenvalue weighted by Crippen LogP contribution is 2.37. The van der Waals surface area contributed by atoms with Gasteiger partial charge in [-0.2, -0.15) is 0 Å². The van der Waals surface area contributed by atoms with Gasteiger partial charge in [0, 0.05) is 6.07 Å². The standard InChI is InChI=1S/C21H18N2O8S2/c1-12-17(19(24)30-2)21(32-18(12)20(25)31-3)33(28,29)22-15-10-9-14(11-16(15)23(26)27)13-7-5-4-6-8-13/h4-11,22H,1-3H3. The minimum atomic E-state index is -4.52. The number of thiophene rings is 1. The molecular formula is C21H18N2O8S2. The van der Waals surface area contributed by atoms with E-state index in [-0.39, 0.29) is 21.7 Å². The molecule has 0 fully saturated rings. The summed E-state index contributed by atoms with van der Waals surface area (Å²) >= 11 is 0.507. The van der Waals surface area contributed by atoms with Crippen LogP contribution in [0.15, 0.2) is 52.7 Å². The van der Waals surface area contributed by atoms with E-state index < -0.39 is 36.8 Å². The number of carbonyl (C=O) groups is 2. The zero-order chi connectivity index (χ0) is 24.3. The molecule has 172 valence electrons. The number of rotatable bonds is 7. The van der Waals surface area contributed by atoms with Crippen molar-refractivity contribution in [2.45, 2.75) is 11.1 Å². The van der Waals surface area contributed by atoms with Gasteiger partial charge in [0.05, 0.1) is 24.7 Å². The molecule has 3 rings (SSSR count).